The summed E-state index contributed by atoms with van der Waals surface area (Å²) in [6, 6.07) is 5.53. The first-order valence-corrected chi connectivity index (χ1v) is 9.01. The molecule has 26 heavy (non-hydrogen) atoms. The number of nitrogens with zero attached hydrogens (tertiary/aromatic N) is 2. The highest BCUT2D eigenvalue weighted by Crippen LogP contribution is 2.49. The van der Waals surface area contributed by atoms with Gasteiger partial charge in [0.25, 0.3) is 0 Å². The lowest BCUT2D eigenvalue weighted by molar-refractivity contribution is -0.121. The summed E-state index contributed by atoms with van der Waals surface area (Å²) in [4.78, 5) is 21.4. The fraction of sp³-hybridized carbons (Fsp3) is 0.421. The number of ether oxygens (including phenoxy) is 1. The number of aliphatic hydroxyl groups is 1. The van der Waals surface area contributed by atoms with Gasteiger partial charge in [-0.3, -0.25) is 14.8 Å². The smallest absolute Gasteiger partial charge is 0.230 e. The molecule has 1 amide bonds. The Kier molecular flexibility index (Phi) is 4.42. The number of halogens is 1. The van der Waals surface area contributed by atoms with Gasteiger partial charge in [-0.2, -0.15) is 0 Å². The summed E-state index contributed by atoms with van der Waals surface area (Å²) in [5.41, 5.74) is 3.09. The number of aromatic nitrogens is 2. The summed E-state index contributed by atoms with van der Waals surface area (Å²) < 4.78 is 5.93. The number of pyridine rings is 2. The predicted molar refractivity (Wildman–Crippen MR) is 97.1 cm³/mol. The van der Waals surface area contributed by atoms with Crippen LogP contribution in [0.1, 0.15) is 29.3 Å². The van der Waals surface area contributed by atoms with E-state index in [1.54, 1.807) is 25.4 Å². The third kappa shape index (κ3) is 2.98. The minimum absolute atomic E-state index is 0.148. The largest absolute Gasteiger partial charge is 0.390 e. The second kappa shape index (κ2) is 6.61. The van der Waals surface area contributed by atoms with Gasteiger partial charge in [0.05, 0.1) is 46.8 Å². The van der Waals surface area contributed by atoms with E-state index in [1.807, 2.05) is 19.1 Å². The first-order chi connectivity index (χ1) is 12.4. The first-order valence-electron chi connectivity index (χ1n) is 8.63. The summed E-state index contributed by atoms with van der Waals surface area (Å²) in [6.45, 7) is 3.71. The van der Waals surface area contributed by atoms with Crippen LogP contribution in [0.3, 0.4) is 0 Å². The van der Waals surface area contributed by atoms with Crippen molar-refractivity contribution < 1.29 is 14.6 Å². The lowest BCUT2D eigenvalue weighted by atomic mass is 9.74. The van der Waals surface area contributed by atoms with E-state index in [1.165, 1.54) is 0 Å². The Morgan fingerprint density at radius 1 is 1.35 bits per heavy atom. The predicted octanol–water partition coefficient (Wildman–Crippen LogP) is 2.62. The molecule has 2 aromatic heterocycles. The maximum Gasteiger partial charge on any atom is 0.230 e. The molecule has 0 saturated carbocycles. The van der Waals surface area contributed by atoms with Crippen LogP contribution in [0.15, 0.2) is 30.6 Å². The van der Waals surface area contributed by atoms with Crippen LogP contribution in [-0.4, -0.2) is 39.3 Å². The number of anilines is 1. The molecule has 5 atom stereocenters. The van der Waals surface area contributed by atoms with E-state index in [0.717, 1.165) is 11.3 Å². The average molecular weight is 374 g/mol. The molecule has 0 unspecified atom stereocenters. The van der Waals surface area contributed by atoms with Gasteiger partial charge in [0, 0.05) is 24.2 Å². The lowest BCUT2D eigenvalue weighted by Gasteiger charge is -2.30. The molecule has 2 fully saturated rings. The molecule has 2 aliphatic heterocycles. The average Bonchev–Trinajstić information content (AvgIpc) is 3.15. The molecular formula is C19H20ClN3O3. The minimum Gasteiger partial charge on any atom is -0.390 e. The SMILES string of the molecule is Cc1cc([C@H]2[C@H]3O[C@H](C[C@@H]3O)[C@H]2C(=O)Nc2cnc(C)c(Cl)c2)ccn1. The molecule has 2 saturated heterocycles. The summed E-state index contributed by atoms with van der Waals surface area (Å²) in [7, 11) is 0. The zero-order chi connectivity index (χ0) is 18.4. The molecule has 0 aromatic carbocycles. The van der Waals surface area contributed by atoms with Crippen LogP contribution < -0.4 is 5.32 Å². The van der Waals surface area contributed by atoms with Crippen LogP contribution in [0.2, 0.25) is 5.02 Å². The first kappa shape index (κ1) is 17.4. The molecule has 4 rings (SSSR count). The van der Waals surface area contributed by atoms with Gasteiger partial charge in [-0.05, 0) is 37.6 Å². The van der Waals surface area contributed by atoms with E-state index in [4.69, 9.17) is 16.3 Å². The lowest BCUT2D eigenvalue weighted by Crippen LogP contribution is -2.41. The Bertz CT molecular complexity index is 860. The topological polar surface area (TPSA) is 84.3 Å². The molecule has 0 radical (unpaired) electrons. The third-order valence-electron chi connectivity index (χ3n) is 5.23. The number of amides is 1. The zero-order valence-electron chi connectivity index (χ0n) is 14.5. The highest BCUT2D eigenvalue weighted by atomic mass is 35.5. The van der Waals surface area contributed by atoms with Crippen LogP contribution in [0.4, 0.5) is 5.69 Å². The molecule has 2 bridgehead atoms. The van der Waals surface area contributed by atoms with Crippen LogP contribution >= 0.6 is 11.6 Å². The number of carbonyl (C=O) groups excluding carboxylic acids is 1. The van der Waals surface area contributed by atoms with Crippen molar-refractivity contribution in [3.63, 3.8) is 0 Å². The van der Waals surface area contributed by atoms with E-state index in [2.05, 4.69) is 15.3 Å². The number of hydrogen-bond acceptors (Lipinski definition) is 5. The van der Waals surface area contributed by atoms with Gasteiger partial charge in [-0.25, -0.2) is 0 Å². The number of nitrogens with one attached hydrogen (secondary N) is 1. The monoisotopic (exact) mass is 373 g/mol. The van der Waals surface area contributed by atoms with E-state index in [-0.39, 0.29) is 30.0 Å². The third-order valence-corrected chi connectivity index (χ3v) is 5.61. The molecule has 6 nitrogen and oxygen atoms in total. The quantitative estimate of drug-likeness (QED) is 0.864. The van der Waals surface area contributed by atoms with Crippen molar-refractivity contribution in [1.82, 2.24) is 9.97 Å². The maximum absolute atomic E-state index is 13.0. The Morgan fingerprint density at radius 2 is 2.15 bits per heavy atom. The van der Waals surface area contributed by atoms with E-state index < -0.39 is 6.10 Å². The van der Waals surface area contributed by atoms with Crippen molar-refractivity contribution in [1.29, 1.82) is 0 Å². The Balaban J connectivity index is 1.62. The van der Waals surface area contributed by atoms with Gasteiger partial charge in [-0.15, -0.1) is 0 Å². The van der Waals surface area contributed by atoms with Gasteiger partial charge in [0.2, 0.25) is 5.91 Å². The zero-order valence-corrected chi connectivity index (χ0v) is 15.3. The molecule has 4 heterocycles. The summed E-state index contributed by atoms with van der Waals surface area (Å²) in [5.74, 6) is -0.741. The summed E-state index contributed by atoms with van der Waals surface area (Å²) in [5, 5.41) is 13.7. The molecular weight excluding hydrogens is 354 g/mol. The number of aliphatic hydroxyl groups excluding tert-OH is 1. The van der Waals surface area contributed by atoms with Gasteiger partial charge in [0.15, 0.2) is 0 Å². The van der Waals surface area contributed by atoms with Crippen LogP contribution in [0.5, 0.6) is 0 Å². The number of carbonyl (C=O) groups is 1. The van der Waals surface area contributed by atoms with Crippen LogP contribution in [-0.2, 0) is 9.53 Å². The standard InChI is InChI=1S/C19H20ClN3O3/c1-9-5-11(3-4-21-9)16-17(15-7-14(24)18(16)26-15)19(25)23-12-6-13(20)10(2)22-8-12/h3-6,8,14-18,24H,7H2,1-2H3,(H,23,25)/t14-,15+,16+,17+,18-/m0/s1. The van der Waals surface area contributed by atoms with Gasteiger partial charge >= 0.3 is 0 Å². The number of rotatable bonds is 3. The van der Waals surface area contributed by atoms with Gasteiger partial charge in [-0.1, -0.05) is 11.6 Å². The number of aryl methyl sites for hydroxylation is 2. The van der Waals surface area contributed by atoms with E-state index >= 15 is 0 Å². The van der Waals surface area contributed by atoms with Crippen molar-refractivity contribution in [2.24, 2.45) is 5.92 Å². The molecule has 0 aliphatic carbocycles. The number of fused-ring (bicyclic) bond motifs is 2. The summed E-state index contributed by atoms with van der Waals surface area (Å²) >= 11 is 6.10. The molecule has 7 heteroatoms. The molecule has 2 aromatic rings. The van der Waals surface area contributed by atoms with Gasteiger partial charge < -0.3 is 15.2 Å². The molecule has 2 N–H and O–H groups in total. The van der Waals surface area contributed by atoms with Crippen LogP contribution in [0.25, 0.3) is 0 Å². The second-order valence-corrected chi connectivity index (χ2v) is 7.41. The van der Waals surface area contributed by atoms with Crippen molar-refractivity contribution in [3.05, 3.63) is 52.6 Å². The summed E-state index contributed by atoms with van der Waals surface area (Å²) in [6.07, 6.45) is 2.54. The Morgan fingerprint density at radius 3 is 2.88 bits per heavy atom. The number of hydrogen-bond donors (Lipinski definition) is 2. The minimum atomic E-state index is -0.557. The van der Waals surface area contributed by atoms with E-state index in [0.29, 0.717) is 22.8 Å². The normalized spacial score (nSPS) is 29.8. The molecule has 136 valence electrons. The van der Waals surface area contributed by atoms with Crippen molar-refractivity contribution in [2.45, 2.75) is 44.5 Å². The van der Waals surface area contributed by atoms with Crippen molar-refractivity contribution in [2.75, 3.05) is 5.32 Å². The highest BCUT2D eigenvalue weighted by molar-refractivity contribution is 6.31. The fourth-order valence-electron chi connectivity index (χ4n) is 4.02. The van der Waals surface area contributed by atoms with Gasteiger partial charge in [0.1, 0.15) is 0 Å². The maximum atomic E-state index is 13.0. The second-order valence-electron chi connectivity index (χ2n) is 7.00. The Hall–Kier alpha value is -2.02. The Labute approximate surface area is 156 Å². The highest BCUT2D eigenvalue weighted by Gasteiger charge is 2.56. The van der Waals surface area contributed by atoms with Crippen molar-refractivity contribution in [3.8, 4) is 0 Å². The van der Waals surface area contributed by atoms with E-state index in [9.17, 15) is 9.90 Å². The fourth-order valence-corrected chi connectivity index (χ4v) is 4.18. The van der Waals surface area contributed by atoms with Crippen LogP contribution in [0, 0.1) is 19.8 Å². The molecule has 0 spiro atoms. The molecule has 2 aliphatic rings. The van der Waals surface area contributed by atoms with Crippen molar-refractivity contribution >= 4 is 23.2 Å².